The van der Waals surface area contributed by atoms with Gasteiger partial charge in [-0.15, -0.1) is 0 Å². The van der Waals surface area contributed by atoms with Crippen molar-refractivity contribution in [3.8, 4) is 11.1 Å². The van der Waals surface area contributed by atoms with Crippen LogP contribution in [0, 0.1) is 0 Å². The van der Waals surface area contributed by atoms with Gasteiger partial charge >= 0.3 is 0 Å². The molecule has 0 fully saturated rings. The van der Waals surface area contributed by atoms with Gasteiger partial charge in [-0.2, -0.15) is 11.3 Å². The highest BCUT2D eigenvalue weighted by Gasteiger charge is 1.97. The predicted octanol–water partition coefficient (Wildman–Crippen LogP) is 5.07. The largest absolute Gasteiger partial charge is 0.385 e. The molecule has 2 aromatic carbocycles. The van der Waals surface area contributed by atoms with Crippen molar-refractivity contribution in [3.63, 3.8) is 0 Å². The lowest BCUT2D eigenvalue weighted by molar-refractivity contribution is 1.03. The summed E-state index contributed by atoms with van der Waals surface area (Å²) in [5.41, 5.74) is 5.11. The third-order valence-corrected chi connectivity index (χ3v) is 4.05. The van der Waals surface area contributed by atoms with E-state index in [1.807, 2.05) is 6.07 Å². The molecule has 0 aliphatic rings. The number of thiophene rings is 1. The summed E-state index contributed by atoms with van der Waals surface area (Å²) in [6.45, 7) is 0.974. The lowest BCUT2D eigenvalue weighted by Gasteiger charge is -2.07. The van der Waals surface area contributed by atoms with Gasteiger partial charge in [0.1, 0.15) is 0 Å². The number of hydrogen-bond acceptors (Lipinski definition) is 2. The van der Waals surface area contributed by atoms with Crippen LogP contribution in [0.3, 0.4) is 0 Å². The van der Waals surface area contributed by atoms with E-state index in [1.54, 1.807) is 11.3 Å². The average molecular weight is 279 g/mol. The smallest absolute Gasteiger partial charge is 0.0340 e. The normalized spacial score (nSPS) is 10.4. The Labute approximate surface area is 123 Å². The lowest BCUT2D eigenvalue weighted by atomic mass is 10.1. The molecule has 0 atom stereocenters. The first-order valence-corrected chi connectivity index (χ1v) is 7.76. The first-order chi connectivity index (χ1) is 9.92. The van der Waals surface area contributed by atoms with Gasteiger partial charge in [0.05, 0.1) is 0 Å². The van der Waals surface area contributed by atoms with Crippen molar-refractivity contribution >= 4 is 17.0 Å². The Morgan fingerprint density at radius 1 is 0.800 bits per heavy atom. The van der Waals surface area contributed by atoms with Crippen LogP contribution in [0.25, 0.3) is 11.1 Å². The zero-order valence-electron chi connectivity index (χ0n) is 11.3. The van der Waals surface area contributed by atoms with Crippen LogP contribution in [0.4, 0.5) is 5.69 Å². The molecule has 3 rings (SSSR count). The summed E-state index contributed by atoms with van der Waals surface area (Å²) in [6.07, 6.45) is 1.07. The lowest BCUT2D eigenvalue weighted by Crippen LogP contribution is -2.03. The standard InChI is InChI=1S/C18H17NS/c1-2-4-16(5-3-1)17-6-8-18(9-7-17)19-12-10-15-11-13-20-14-15/h1-9,11,13-14,19H,10,12H2. The van der Waals surface area contributed by atoms with Crippen LogP contribution in [-0.2, 0) is 6.42 Å². The molecule has 0 aliphatic heterocycles. The van der Waals surface area contributed by atoms with Gasteiger partial charge in [0, 0.05) is 12.2 Å². The van der Waals surface area contributed by atoms with Gasteiger partial charge < -0.3 is 5.32 Å². The average Bonchev–Trinajstić information content (AvgIpc) is 3.02. The fourth-order valence-electron chi connectivity index (χ4n) is 2.20. The number of rotatable bonds is 5. The van der Waals surface area contributed by atoms with Gasteiger partial charge in [0.25, 0.3) is 0 Å². The third-order valence-electron chi connectivity index (χ3n) is 3.31. The van der Waals surface area contributed by atoms with E-state index >= 15 is 0 Å². The summed E-state index contributed by atoms with van der Waals surface area (Å²) in [7, 11) is 0. The molecule has 1 heterocycles. The molecular weight excluding hydrogens is 262 g/mol. The highest BCUT2D eigenvalue weighted by molar-refractivity contribution is 7.07. The maximum absolute atomic E-state index is 3.47. The first-order valence-electron chi connectivity index (χ1n) is 6.82. The molecule has 0 radical (unpaired) electrons. The summed E-state index contributed by atoms with van der Waals surface area (Å²) in [6, 6.07) is 21.3. The van der Waals surface area contributed by atoms with Crippen LogP contribution in [0.5, 0.6) is 0 Å². The van der Waals surface area contributed by atoms with E-state index in [0.717, 1.165) is 13.0 Å². The van der Waals surface area contributed by atoms with E-state index in [9.17, 15) is 0 Å². The maximum Gasteiger partial charge on any atom is 0.0340 e. The minimum atomic E-state index is 0.974. The van der Waals surface area contributed by atoms with Crippen molar-refractivity contribution in [1.29, 1.82) is 0 Å². The maximum atomic E-state index is 3.47. The molecule has 1 N–H and O–H groups in total. The fourth-order valence-corrected chi connectivity index (χ4v) is 2.90. The Kier molecular flexibility index (Phi) is 4.14. The molecule has 0 bridgehead atoms. The number of hydrogen-bond donors (Lipinski definition) is 1. The summed E-state index contributed by atoms with van der Waals surface area (Å²) in [5, 5.41) is 7.80. The topological polar surface area (TPSA) is 12.0 Å². The molecule has 3 aromatic rings. The Morgan fingerprint density at radius 3 is 2.25 bits per heavy atom. The molecule has 0 unspecified atom stereocenters. The molecule has 0 saturated heterocycles. The van der Waals surface area contributed by atoms with Crippen molar-refractivity contribution in [3.05, 3.63) is 77.0 Å². The fraction of sp³-hybridized carbons (Fsp3) is 0.111. The summed E-state index contributed by atoms with van der Waals surface area (Å²) >= 11 is 1.76. The highest BCUT2D eigenvalue weighted by atomic mass is 32.1. The Morgan fingerprint density at radius 2 is 1.55 bits per heavy atom. The molecule has 0 aliphatic carbocycles. The Balaban J connectivity index is 1.59. The van der Waals surface area contributed by atoms with Crippen molar-refractivity contribution < 1.29 is 0 Å². The van der Waals surface area contributed by atoms with Gasteiger partial charge in [-0.3, -0.25) is 0 Å². The SMILES string of the molecule is c1ccc(-c2ccc(NCCc3ccsc3)cc2)cc1. The zero-order valence-corrected chi connectivity index (χ0v) is 12.1. The summed E-state index contributed by atoms with van der Waals surface area (Å²) in [5.74, 6) is 0. The number of benzene rings is 2. The predicted molar refractivity (Wildman–Crippen MR) is 88.4 cm³/mol. The van der Waals surface area contributed by atoms with Crippen LogP contribution in [0.2, 0.25) is 0 Å². The van der Waals surface area contributed by atoms with Crippen molar-refractivity contribution in [2.45, 2.75) is 6.42 Å². The molecule has 2 heteroatoms. The first kappa shape index (κ1) is 12.9. The molecule has 100 valence electrons. The molecule has 0 amide bonds. The second-order valence-electron chi connectivity index (χ2n) is 4.75. The van der Waals surface area contributed by atoms with E-state index in [2.05, 4.69) is 70.7 Å². The van der Waals surface area contributed by atoms with Crippen LogP contribution in [-0.4, -0.2) is 6.54 Å². The highest BCUT2D eigenvalue weighted by Crippen LogP contribution is 2.21. The van der Waals surface area contributed by atoms with E-state index in [-0.39, 0.29) is 0 Å². The second kappa shape index (κ2) is 6.40. The van der Waals surface area contributed by atoms with E-state index in [1.165, 1.54) is 22.4 Å². The summed E-state index contributed by atoms with van der Waals surface area (Å²) in [4.78, 5) is 0. The second-order valence-corrected chi connectivity index (χ2v) is 5.53. The van der Waals surface area contributed by atoms with Crippen LogP contribution >= 0.6 is 11.3 Å². The van der Waals surface area contributed by atoms with Crippen LogP contribution in [0.15, 0.2) is 71.4 Å². The van der Waals surface area contributed by atoms with Gasteiger partial charge in [0.15, 0.2) is 0 Å². The number of nitrogens with one attached hydrogen (secondary N) is 1. The monoisotopic (exact) mass is 279 g/mol. The quantitative estimate of drug-likeness (QED) is 0.687. The van der Waals surface area contributed by atoms with Crippen molar-refractivity contribution in [1.82, 2.24) is 0 Å². The minimum Gasteiger partial charge on any atom is -0.385 e. The Hall–Kier alpha value is -2.06. The van der Waals surface area contributed by atoms with Crippen molar-refractivity contribution in [2.24, 2.45) is 0 Å². The third kappa shape index (κ3) is 3.28. The number of anilines is 1. The molecule has 20 heavy (non-hydrogen) atoms. The van der Waals surface area contributed by atoms with E-state index in [0.29, 0.717) is 0 Å². The molecule has 0 spiro atoms. The molecular formula is C18H17NS. The van der Waals surface area contributed by atoms with Crippen LogP contribution in [0.1, 0.15) is 5.56 Å². The molecule has 1 nitrogen and oxygen atoms in total. The zero-order chi connectivity index (χ0) is 13.6. The molecule has 0 saturated carbocycles. The summed E-state index contributed by atoms with van der Waals surface area (Å²) < 4.78 is 0. The van der Waals surface area contributed by atoms with E-state index in [4.69, 9.17) is 0 Å². The Bertz CT molecular complexity index is 627. The van der Waals surface area contributed by atoms with Gasteiger partial charge in [0.2, 0.25) is 0 Å². The van der Waals surface area contributed by atoms with Gasteiger partial charge in [-0.25, -0.2) is 0 Å². The van der Waals surface area contributed by atoms with Gasteiger partial charge in [-0.1, -0.05) is 42.5 Å². The molecule has 1 aromatic heterocycles. The van der Waals surface area contributed by atoms with E-state index < -0.39 is 0 Å². The van der Waals surface area contributed by atoms with Crippen molar-refractivity contribution in [2.75, 3.05) is 11.9 Å². The van der Waals surface area contributed by atoms with Gasteiger partial charge in [-0.05, 0) is 52.1 Å². The minimum absolute atomic E-state index is 0.974. The van der Waals surface area contributed by atoms with Crippen LogP contribution < -0.4 is 5.32 Å².